The minimum atomic E-state index is 0.133. The van der Waals surface area contributed by atoms with Crippen LogP contribution in [0.15, 0.2) is 48.7 Å². The first kappa shape index (κ1) is 12.6. The topological polar surface area (TPSA) is 48.1 Å². The van der Waals surface area contributed by atoms with Crippen molar-refractivity contribution in [3.8, 4) is 5.75 Å². The van der Waals surface area contributed by atoms with Crippen LogP contribution in [-0.4, -0.2) is 11.0 Å². The third-order valence-corrected chi connectivity index (χ3v) is 2.58. The molecule has 0 fully saturated rings. The van der Waals surface area contributed by atoms with Crippen LogP contribution in [0.5, 0.6) is 5.75 Å². The number of aromatic nitrogens is 1. The lowest BCUT2D eigenvalue weighted by Crippen LogP contribution is -2.18. The lowest BCUT2D eigenvalue weighted by atomic mass is 10.2. The highest BCUT2D eigenvalue weighted by atomic mass is 16.5. The third kappa shape index (κ3) is 3.86. The molecule has 1 unspecified atom stereocenters. The monoisotopic (exact) mass is 242 g/mol. The summed E-state index contributed by atoms with van der Waals surface area (Å²) in [7, 11) is 0. The molecule has 1 aromatic carbocycles. The van der Waals surface area contributed by atoms with Gasteiger partial charge in [-0.1, -0.05) is 30.3 Å². The molecule has 0 spiro atoms. The first-order valence-electron chi connectivity index (χ1n) is 6.11. The predicted molar refractivity (Wildman–Crippen MR) is 72.4 cm³/mol. The predicted octanol–water partition coefficient (Wildman–Crippen LogP) is 2.55. The van der Waals surface area contributed by atoms with Crippen molar-refractivity contribution in [2.75, 3.05) is 0 Å². The Labute approximate surface area is 108 Å². The Morgan fingerprint density at radius 2 is 1.94 bits per heavy atom. The van der Waals surface area contributed by atoms with E-state index in [9.17, 15) is 0 Å². The summed E-state index contributed by atoms with van der Waals surface area (Å²) < 4.78 is 5.66. The van der Waals surface area contributed by atoms with E-state index in [2.05, 4.69) is 4.98 Å². The Morgan fingerprint density at radius 3 is 2.56 bits per heavy atom. The van der Waals surface area contributed by atoms with Gasteiger partial charge in [0.25, 0.3) is 0 Å². The van der Waals surface area contributed by atoms with Crippen molar-refractivity contribution < 1.29 is 4.74 Å². The fourth-order valence-electron chi connectivity index (χ4n) is 1.69. The van der Waals surface area contributed by atoms with Crippen LogP contribution in [-0.2, 0) is 13.0 Å². The molecule has 2 rings (SSSR count). The van der Waals surface area contributed by atoms with Gasteiger partial charge in [0.05, 0.1) is 6.20 Å². The molecule has 1 atom stereocenters. The van der Waals surface area contributed by atoms with Crippen LogP contribution in [0.2, 0.25) is 0 Å². The Hall–Kier alpha value is -1.87. The standard InChI is InChI=1S/C15H18N2O/c1-12(16)9-14-7-8-15(10-17-14)18-11-13-5-3-2-4-6-13/h2-8,10,12H,9,11,16H2,1H3. The van der Waals surface area contributed by atoms with E-state index < -0.39 is 0 Å². The molecule has 3 nitrogen and oxygen atoms in total. The summed E-state index contributed by atoms with van der Waals surface area (Å²) in [6.45, 7) is 2.54. The molecule has 0 aliphatic carbocycles. The highest BCUT2D eigenvalue weighted by molar-refractivity contribution is 5.21. The van der Waals surface area contributed by atoms with Gasteiger partial charge in [0.1, 0.15) is 12.4 Å². The van der Waals surface area contributed by atoms with Crippen molar-refractivity contribution in [2.24, 2.45) is 5.73 Å². The molecule has 94 valence electrons. The summed E-state index contributed by atoms with van der Waals surface area (Å²) in [5.74, 6) is 0.785. The molecular formula is C15H18N2O. The molecule has 0 saturated heterocycles. The van der Waals surface area contributed by atoms with Crippen LogP contribution in [0, 0.1) is 0 Å². The Bertz CT molecular complexity index is 466. The van der Waals surface area contributed by atoms with Crippen LogP contribution in [0.3, 0.4) is 0 Å². The number of benzene rings is 1. The van der Waals surface area contributed by atoms with Crippen LogP contribution in [0.25, 0.3) is 0 Å². The van der Waals surface area contributed by atoms with E-state index in [0.29, 0.717) is 6.61 Å². The van der Waals surface area contributed by atoms with Crippen LogP contribution in [0.1, 0.15) is 18.2 Å². The van der Waals surface area contributed by atoms with Crippen molar-refractivity contribution in [1.82, 2.24) is 4.98 Å². The fraction of sp³-hybridized carbons (Fsp3) is 0.267. The lowest BCUT2D eigenvalue weighted by molar-refractivity contribution is 0.305. The molecule has 1 aromatic heterocycles. The molecular weight excluding hydrogens is 224 g/mol. The number of ether oxygens (including phenoxy) is 1. The highest BCUT2D eigenvalue weighted by Crippen LogP contribution is 2.12. The van der Waals surface area contributed by atoms with Gasteiger partial charge >= 0.3 is 0 Å². The normalized spacial score (nSPS) is 12.1. The average molecular weight is 242 g/mol. The minimum Gasteiger partial charge on any atom is -0.487 e. The largest absolute Gasteiger partial charge is 0.487 e. The maximum Gasteiger partial charge on any atom is 0.138 e. The lowest BCUT2D eigenvalue weighted by Gasteiger charge is -2.07. The van der Waals surface area contributed by atoms with E-state index in [1.165, 1.54) is 0 Å². The molecule has 1 heterocycles. The van der Waals surface area contributed by atoms with E-state index in [1.807, 2.05) is 49.4 Å². The molecule has 0 saturated carbocycles. The van der Waals surface area contributed by atoms with E-state index >= 15 is 0 Å². The molecule has 0 radical (unpaired) electrons. The van der Waals surface area contributed by atoms with Crippen LogP contribution >= 0.6 is 0 Å². The summed E-state index contributed by atoms with van der Waals surface area (Å²) >= 11 is 0. The molecule has 0 aliphatic heterocycles. The summed E-state index contributed by atoms with van der Waals surface area (Å²) in [6, 6.07) is 14.1. The summed E-state index contributed by atoms with van der Waals surface area (Å²) in [4.78, 5) is 4.33. The number of hydrogen-bond acceptors (Lipinski definition) is 3. The number of hydrogen-bond donors (Lipinski definition) is 1. The van der Waals surface area contributed by atoms with Crippen molar-refractivity contribution in [3.05, 3.63) is 59.9 Å². The van der Waals surface area contributed by atoms with Crippen LogP contribution < -0.4 is 10.5 Å². The van der Waals surface area contributed by atoms with Gasteiger partial charge in [0, 0.05) is 18.2 Å². The van der Waals surface area contributed by atoms with E-state index in [1.54, 1.807) is 6.20 Å². The number of pyridine rings is 1. The van der Waals surface area contributed by atoms with Gasteiger partial charge in [0.2, 0.25) is 0 Å². The second-order valence-electron chi connectivity index (χ2n) is 4.44. The Kier molecular flexibility index (Phi) is 4.31. The molecule has 2 aromatic rings. The van der Waals surface area contributed by atoms with Gasteiger partial charge in [-0.15, -0.1) is 0 Å². The second-order valence-corrected chi connectivity index (χ2v) is 4.44. The maximum atomic E-state index is 5.73. The highest BCUT2D eigenvalue weighted by Gasteiger charge is 2.00. The number of nitrogens with two attached hydrogens (primary N) is 1. The van der Waals surface area contributed by atoms with Gasteiger partial charge in [-0.05, 0) is 24.6 Å². The SMILES string of the molecule is CC(N)Cc1ccc(OCc2ccccc2)cn1. The summed E-state index contributed by atoms with van der Waals surface area (Å²) in [5, 5.41) is 0. The van der Waals surface area contributed by atoms with Gasteiger partial charge < -0.3 is 10.5 Å². The smallest absolute Gasteiger partial charge is 0.138 e. The molecule has 2 N–H and O–H groups in total. The first-order valence-corrected chi connectivity index (χ1v) is 6.11. The quantitative estimate of drug-likeness (QED) is 0.876. The van der Waals surface area contributed by atoms with Crippen molar-refractivity contribution >= 4 is 0 Å². The summed E-state index contributed by atoms with van der Waals surface area (Å²) in [6.07, 6.45) is 2.54. The van der Waals surface area contributed by atoms with E-state index in [0.717, 1.165) is 23.4 Å². The van der Waals surface area contributed by atoms with Gasteiger partial charge in [-0.2, -0.15) is 0 Å². The van der Waals surface area contributed by atoms with Gasteiger partial charge in [0.15, 0.2) is 0 Å². The third-order valence-electron chi connectivity index (χ3n) is 2.58. The minimum absolute atomic E-state index is 0.133. The van der Waals surface area contributed by atoms with E-state index in [-0.39, 0.29) is 6.04 Å². The Morgan fingerprint density at radius 1 is 1.17 bits per heavy atom. The van der Waals surface area contributed by atoms with Crippen molar-refractivity contribution in [1.29, 1.82) is 0 Å². The average Bonchev–Trinajstić information content (AvgIpc) is 2.38. The zero-order chi connectivity index (χ0) is 12.8. The van der Waals surface area contributed by atoms with Gasteiger partial charge in [-0.25, -0.2) is 0 Å². The summed E-state index contributed by atoms with van der Waals surface area (Å²) in [5.41, 5.74) is 7.87. The fourth-order valence-corrected chi connectivity index (χ4v) is 1.69. The number of nitrogens with zero attached hydrogens (tertiary/aromatic N) is 1. The van der Waals surface area contributed by atoms with Crippen molar-refractivity contribution in [2.45, 2.75) is 26.0 Å². The van der Waals surface area contributed by atoms with Crippen LogP contribution in [0.4, 0.5) is 0 Å². The molecule has 18 heavy (non-hydrogen) atoms. The zero-order valence-corrected chi connectivity index (χ0v) is 10.5. The molecule has 0 bridgehead atoms. The maximum absolute atomic E-state index is 5.73. The molecule has 0 amide bonds. The second kappa shape index (κ2) is 6.17. The molecule has 0 aliphatic rings. The first-order chi connectivity index (χ1) is 8.74. The van der Waals surface area contributed by atoms with E-state index in [4.69, 9.17) is 10.5 Å². The Balaban J connectivity index is 1.90. The molecule has 3 heteroatoms. The van der Waals surface area contributed by atoms with Gasteiger partial charge in [-0.3, -0.25) is 4.98 Å². The number of rotatable bonds is 5. The van der Waals surface area contributed by atoms with Crippen molar-refractivity contribution in [3.63, 3.8) is 0 Å². The zero-order valence-electron chi connectivity index (χ0n) is 10.5.